The first-order valence-corrected chi connectivity index (χ1v) is 9.41. The van der Waals surface area contributed by atoms with E-state index in [-0.39, 0.29) is 24.0 Å². The number of guanidine groups is 1. The number of hydrogen-bond acceptors (Lipinski definition) is 2. The molecule has 0 bridgehead atoms. The molecule has 2 saturated carbocycles. The van der Waals surface area contributed by atoms with Crippen molar-refractivity contribution in [3.63, 3.8) is 0 Å². The summed E-state index contributed by atoms with van der Waals surface area (Å²) in [6.07, 6.45) is 7.57. The topological polar surface area (TPSA) is 35.8 Å². The monoisotopic (exact) mass is 479 g/mol. The molecule has 2 aliphatic carbocycles. The normalized spacial score (nSPS) is 17.6. The highest BCUT2D eigenvalue weighted by Gasteiger charge is 2.33. The molecule has 142 valence electrons. The van der Waals surface area contributed by atoms with Gasteiger partial charge in [-0.2, -0.15) is 0 Å². The predicted octanol–water partition coefficient (Wildman–Crippen LogP) is 3.18. The summed E-state index contributed by atoms with van der Waals surface area (Å²) in [5.41, 5.74) is 1.18. The summed E-state index contributed by atoms with van der Waals surface area (Å²) >= 11 is 6.07. The Kier molecular flexibility index (Phi) is 7.89. The van der Waals surface area contributed by atoms with Crippen molar-refractivity contribution in [2.75, 3.05) is 33.7 Å². The summed E-state index contributed by atoms with van der Waals surface area (Å²) in [6, 6.07) is 2.85. The average Bonchev–Trinajstić information content (AvgIpc) is 3.43. The molecule has 2 aliphatic rings. The number of nitrogens with one attached hydrogen (secondary N) is 1. The first kappa shape index (κ1) is 20.8. The second kappa shape index (κ2) is 9.46. The van der Waals surface area contributed by atoms with Crippen molar-refractivity contribution in [3.8, 4) is 0 Å². The molecule has 1 heterocycles. The van der Waals surface area contributed by atoms with Gasteiger partial charge >= 0.3 is 0 Å². The van der Waals surface area contributed by atoms with Crippen LogP contribution in [0.15, 0.2) is 17.3 Å². The molecule has 3 rings (SSSR count). The maximum absolute atomic E-state index is 6.07. The fourth-order valence-electron chi connectivity index (χ4n) is 3.23. The summed E-state index contributed by atoms with van der Waals surface area (Å²) in [4.78, 5) is 9.24. The van der Waals surface area contributed by atoms with E-state index in [1.807, 2.05) is 26.4 Å². The molecule has 2 fully saturated rings. The van der Waals surface area contributed by atoms with Crippen molar-refractivity contribution < 1.29 is 0 Å². The van der Waals surface area contributed by atoms with Gasteiger partial charge in [0.1, 0.15) is 0 Å². The van der Waals surface area contributed by atoms with Crippen molar-refractivity contribution in [3.05, 3.63) is 23.0 Å². The van der Waals surface area contributed by atoms with Crippen LogP contribution in [0.3, 0.4) is 0 Å². The zero-order valence-electron chi connectivity index (χ0n) is 15.5. The first-order valence-electron chi connectivity index (χ1n) is 9.03. The SMILES string of the molecule is CN=C(NCCN(CC1CC1)C1CC1)N(C)Cc1cc(Cl)cn1C.I. The van der Waals surface area contributed by atoms with E-state index in [1.165, 1.54) is 37.9 Å². The molecule has 0 atom stereocenters. The highest BCUT2D eigenvalue weighted by atomic mass is 127. The molecule has 0 amide bonds. The molecule has 0 aromatic carbocycles. The lowest BCUT2D eigenvalue weighted by molar-refractivity contribution is 0.255. The van der Waals surface area contributed by atoms with Crippen LogP contribution in [0.25, 0.3) is 0 Å². The molecular weight excluding hydrogens is 449 g/mol. The highest BCUT2D eigenvalue weighted by molar-refractivity contribution is 14.0. The summed E-state index contributed by atoms with van der Waals surface area (Å²) in [7, 11) is 5.94. The van der Waals surface area contributed by atoms with Gasteiger partial charge in [-0.25, -0.2) is 0 Å². The van der Waals surface area contributed by atoms with Crippen LogP contribution < -0.4 is 5.32 Å². The molecule has 5 nitrogen and oxygen atoms in total. The molecule has 0 aliphatic heterocycles. The third-order valence-corrected chi connectivity index (χ3v) is 5.19. The van der Waals surface area contributed by atoms with Gasteiger partial charge in [0, 0.05) is 58.7 Å². The number of hydrogen-bond donors (Lipinski definition) is 1. The summed E-state index contributed by atoms with van der Waals surface area (Å²) in [5.74, 6) is 1.91. The van der Waals surface area contributed by atoms with Crippen LogP contribution in [-0.4, -0.2) is 60.1 Å². The van der Waals surface area contributed by atoms with Crippen molar-refractivity contribution in [1.82, 2.24) is 19.7 Å². The maximum Gasteiger partial charge on any atom is 0.193 e. The molecule has 0 unspecified atom stereocenters. The van der Waals surface area contributed by atoms with Crippen LogP contribution in [-0.2, 0) is 13.6 Å². The quantitative estimate of drug-likeness (QED) is 0.353. The molecule has 0 radical (unpaired) electrons. The lowest BCUT2D eigenvalue weighted by atomic mass is 10.3. The zero-order chi connectivity index (χ0) is 17.1. The lowest BCUT2D eigenvalue weighted by Gasteiger charge is -2.25. The smallest absolute Gasteiger partial charge is 0.193 e. The molecule has 25 heavy (non-hydrogen) atoms. The van der Waals surface area contributed by atoms with Crippen LogP contribution in [0.2, 0.25) is 5.02 Å². The Labute approximate surface area is 173 Å². The summed E-state index contributed by atoms with van der Waals surface area (Å²) in [5, 5.41) is 4.30. The van der Waals surface area contributed by atoms with E-state index < -0.39 is 0 Å². The number of aryl methyl sites for hydroxylation is 1. The summed E-state index contributed by atoms with van der Waals surface area (Å²) in [6.45, 7) is 4.15. The molecular formula is C18H31ClIN5. The van der Waals surface area contributed by atoms with Gasteiger partial charge in [-0.05, 0) is 37.7 Å². The second-order valence-corrected chi connectivity index (χ2v) is 7.70. The Morgan fingerprint density at radius 1 is 1.36 bits per heavy atom. The molecule has 1 N–H and O–H groups in total. The Hall–Kier alpha value is -0.470. The van der Waals surface area contributed by atoms with Crippen molar-refractivity contribution in [2.24, 2.45) is 18.0 Å². The van der Waals surface area contributed by atoms with E-state index in [2.05, 4.69) is 31.7 Å². The van der Waals surface area contributed by atoms with Crippen LogP contribution in [0.5, 0.6) is 0 Å². The zero-order valence-corrected chi connectivity index (χ0v) is 18.6. The van der Waals surface area contributed by atoms with Gasteiger partial charge in [-0.1, -0.05) is 11.6 Å². The van der Waals surface area contributed by atoms with Gasteiger partial charge in [-0.15, -0.1) is 24.0 Å². The van der Waals surface area contributed by atoms with Gasteiger partial charge in [-0.3, -0.25) is 9.89 Å². The van der Waals surface area contributed by atoms with Crippen molar-refractivity contribution >= 4 is 41.5 Å². The van der Waals surface area contributed by atoms with Crippen LogP contribution in [0.1, 0.15) is 31.4 Å². The van der Waals surface area contributed by atoms with Gasteiger partial charge in [0.2, 0.25) is 0 Å². The average molecular weight is 480 g/mol. The number of aliphatic imine (C=N–C) groups is 1. The van der Waals surface area contributed by atoms with Crippen LogP contribution in [0, 0.1) is 5.92 Å². The molecule has 1 aromatic rings. The van der Waals surface area contributed by atoms with E-state index in [0.717, 1.165) is 42.6 Å². The van der Waals surface area contributed by atoms with Gasteiger partial charge in [0.25, 0.3) is 0 Å². The minimum atomic E-state index is 0. The Morgan fingerprint density at radius 2 is 2.08 bits per heavy atom. The fraction of sp³-hybridized carbons (Fsp3) is 0.722. The highest BCUT2D eigenvalue weighted by Crippen LogP contribution is 2.34. The summed E-state index contributed by atoms with van der Waals surface area (Å²) < 4.78 is 2.07. The van der Waals surface area contributed by atoms with Crippen LogP contribution >= 0.6 is 35.6 Å². The maximum atomic E-state index is 6.07. The molecule has 0 spiro atoms. The second-order valence-electron chi connectivity index (χ2n) is 7.26. The minimum absolute atomic E-state index is 0. The van der Waals surface area contributed by atoms with E-state index >= 15 is 0 Å². The molecule has 7 heteroatoms. The number of nitrogens with zero attached hydrogens (tertiary/aromatic N) is 4. The van der Waals surface area contributed by atoms with Crippen molar-refractivity contribution in [1.29, 1.82) is 0 Å². The largest absolute Gasteiger partial charge is 0.355 e. The van der Waals surface area contributed by atoms with E-state index in [4.69, 9.17) is 11.6 Å². The standard InChI is InChI=1S/C18H30ClN5.HI/c1-20-18(23(3)13-17-10-15(19)12-22(17)2)21-8-9-24(16-6-7-16)11-14-4-5-14;/h10,12,14,16H,4-9,11,13H2,1-3H3,(H,20,21);1H. The predicted molar refractivity (Wildman–Crippen MR) is 116 cm³/mol. The van der Waals surface area contributed by atoms with Gasteiger partial charge in [0.05, 0.1) is 11.6 Å². The number of halogens is 2. The molecule has 0 saturated heterocycles. The van der Waals surface area contributed by atoms with E-state index in [1.54, 1.807) is 0 Å². The Morgan fingerprint density at radius 3 is 2.60 bits per heavy atom. The third kappa shape index (κ3) is 6.32. The number of aromatic nitrogens is 1. The minimum Gasteiger partial charge on any atom is -0.355 e. The molecule has 1 aromatic heterocycles. The van der Waals surface area contributed by atoms with Crippen molar-refractivity contribution in [2.45, 2.75) is 38.3 Å². The Balaban J connectivity index is 0.00000225. The first-order chi connectivity index (χ1) is 11.6. The van der Waals surface area contributed by atoms with E-state index in [9.17, 15) is 0 Å². The number of rotatable bonds is 8. The lowest BCUT2D eigenvalue weighted by Crippen LogP contribution is -2.43. The fourth-order valence-corrected chi connectivity index (χ4v) is 3.50. The Bertz CT molecular complexity index is 580. The third-order valence-electron chi connectivity index (χ3n) is 4.98. The van der Waals surface area contributed by atoms with Gasteiger partial charge in [0.15, 0.2) is 5.96 Å². The van der Waals surface area contributed by atoms with E-state index in [0.29, 0.717) is 0 Å². The van der Waals surface area contributed by atoms with Gasteiger partial charge < -0.3 is 14.8 Å². The van der Waals surface area contributed by atoms with Crippen LogP contribution in [0.4, 0.5) is 0 Å².